The molecule has 11 nitrogen and oxygen atoms in total. The molecule has 0 radical (unpaired) electrons. The Balaban J connectivity index is 1.58. The van der Waals surface area contributed by atoms with Crippen molar-refractivity contribution in [2.75, 3.05) is 31.1 Å². The van der Waals surface area contributed by atoms with Crippen molar-refractivity contribution < 1.29 is 30.0 Å². The second-order valence-corrected chi connectivity index (χ2v) is 15.1. The lowest BCUT2D eigenvalue weighted by Crippen LogP contribution is -2.50. The zero-order valence-corrected chi connectivity index (χ0v) is 23.2. The maximum atomic E-state index is 13.3. The van der Waals surface area contributed by atoms with Crippen molar-refractivity contribution in [3.8, 4) is 10.8 Å². The summed E-state index contributed by atoms with van der Waals surface area (Å²) in [6, 6.07) is 1.49. The Labute approximate surface area is 221 Å². The number of fused-ring (bicyclic) bond motifs is 1. The Morgan fingerprint density at radius 1 is 1.08 bits per heavy atom. The first-order chi connectivity index (χ1) is 17.6. The second kappa shape index (κ2) is 9.11. The van der Waals surface area contributed by atoms with Crippen molar-refractivity contribution in [1.82, 2.24) is 28.6 Å². The maximum absolute atomic E-state index is 13.3. The molecule has 3 aromatic heterocycles. The van der Waals surface area contributed by atoms with Gasteiger partial charge in [-0.2, -0.15) is 17.5 Å². The minimum absolute atomic E-state index is 0.0185. The highest BCUT2D eigenvalue weighted by Crippen LogP contribution is 2.38. The molecule has 0 unspecified atom stereocenters. The highest BCUT2D eigenvalue weighted by Gasteiger charge is 2.42. The van der Waals surface area contributed by atoms with E-state index < -0.39 is 42.0 Å². The summed E-state index contributed by atoms with van der Waals surface area (Å²) in [5.74, 6) is 0.0185. The average molecular weight is 594 g/mol. The van der Waals surface area contributed by atoms with E-state index in [2.05, 4.69) is 19.9 Å². The summed E-state index contributed by atoms with van der Waals surface area (Å²) >= 11 is 0.310. The van der Waals surface area contributed by atoms with Crippen LogP contribution in [0.15, 0.2) is 23.4 Å². The van der Waals surface area contributed by atoms with Gasteiger partial charge < -0.3 is 4.90 Å². The number of hydrogen-bond acceptors (Lipinski definition) is 9. The van der Waals surface area contributed by atoms with E-state index in [9.17, 15) is 30.0 Å². The zero-order chi connectivity index (χ0) is 27.7. The summed E-state index contributed by atoms with van der Waals surface area (Å²) in [5, 5.41) is 5.04. The molecule has 3 aromatic rings. The van der Waals surface area contributed by atoms with E-state index in [-0.39, 0.29) is 41.9 Å². The van der Waals surface area contributed by atoms with Gasteiger partial charge in [0.05, 0.1) is 22.7 Å². The molecule has 1 N–H and O–H groups in total. The third-order valence-corrected chi connectivity index (χ3v) is 11.5. The number of pyridine rings is 1. The SMILES string of the molecule is CC(C)S(=O)(=O)N1CCN(c2cc(S(=O)(=O)NC3(C)CC3)cn3c(-c4nnc(C(F)(F)F)s4)ncc23)CC1. The predicted molar refractivity (Wildman–Crippen MR) is 135 cm³/mol. The quantitative estimate of drug-likeness (QED) is 0.443. The molecule has 4 heterocycles. The van der Waals surface area contributed by atoms with Crippen LogP contribution in [0.2, 0.25) is 0 Å². The molecule has 208 valence electrons. The van der Waals surface area contributed by atoms with Gasteiger partial charge in [0.1, 0.15) is 4.90 Å². The third-order valence-electron chi connectivity index (χ3n) is 6.68. The lowest BCUT2D eigenvalue weighted by atomic mass is 10.2. The van der Waals surface area contributed by atoms with Crippen molar-refractivity contribution in [2.45, 2.75) is 55.5 Å². The number of imidazole rings is 1. The summed E-state index contributed by atoms with van der Waals surface area (Å²) < 4.78 is 96.8. The number of hydrogen-bond donors (Lipinski definition) is 1. The number of alkyl halides is 3. The van der Waals surface area contributed by atoms with Gasteiger partial charge in [-0.3, -0.25) is 4.40 Å². The first kappa shape index (κ1) is 27.2. The van der Waals surface area contributed by atoms with E-state index in [0.29, 0.717) is 35.4 Å². The van der Waals surface area contributed by atoms with Gasteiger partial charge in [0.25, 0.3) is 0 Å². The highest BCUT2D eigenvalue weighted by atomic mass is 32.2. The Morgan fingerprint density at radius 3 is 2.29 bits per heavy atom. The molecular weight excluding hydrogens is 567 g/mol. The Kier molecular flexibility index (Phi) is 6.53. The van der Waals surface area contributed by atoms with Gasteiger partial charge in [-0.05, 0) is 39.7 Å². The van der Waals surface area contributed by atoms with Crippen LogP contribution in [0.4, 0.5) is 18.9 Å². The van der Waals surface area contributed by atoms with Crippen LogP contribution in [0.5, 0.6) is 0 Å². The molecule has 2 fully saturated rings. The molecule has 17 heteroatoms. The average Bonchev–Trinajstić information content (AvgIpc) is 3.22. The molecule has 1 saturated carbocycles. The van der Waals surface area contributed by atoms with Crippen molar-refractivity contribution in [2.24, 2.45) is 0 Å². The maximum Gasteiger partial charge on any atom is 0.445 e. The molecule has 0 spiro atoms. The normalized spacial score (nSPS) is 19.0. The molecule has 38 heavy (non-hydrogen) atoms. The molecule has 0 aromatic carbocycles. The summed E-state index contributed by atoms with van der Waals surface area (Å²) in [6.45, 7) is 5.98. The summed E-state index contributed by atoms with van der Waals surface area (Å²) in [7, 11) is -7.45. The number of aromatic nitrogens is 4. The molecule has 0 bridgehead atoms. The lowest BCUT2D eigenvalue weighted by molar-refractivity contribution is -0.138. The van der Waals surface area contributed by atoms with Gasteiger partial charge in [0.15, 0.2) is 10.8 Å². The Morgan fingerprint density at radius 2 is 1.74 bits per heavy atom. The number of rotatable bonds is 7. The van der Waals surface area contributed by atoms with E-state index in [4.69, 9.17) is 0 Å². The van der Waals surface area contributed by atoms with Crippen LogP contribution in [0.1, 0.15) is 38.6 Å². The van der Waals surface area contributed by atoms with Crippen molar-refractivity contribution in [1.29, 1.82) is 0 Å². The molecule has 0 amide bonds. The van der Waals surface area contributed by atoms with E-state index in [1.165, 1.54) is 27.2 Å². The molecule has 1 saturated heterocycles. The van der Waals surface area contributed by atoms with Crippen molar-refractivity contribution in [3.63, 3.8) is 0 Å². The molecule has 5 rings (SSSR count). The van der Waals surface area contributed by atoms with Crippen LogP contribution in [-0.2, 0) is 26.2 Å². The lowest BCUT2D eigenvalue weighted by Gasteiger charge is -2.36. The largest absolute Gasteiger partial charge is 0.445 e. The fourth-order valence-electron chi connectivity index (χ4n) is 4.20. The minimum Gasteiger partial charge on any atom is -0.367 e. The minimum atomic E-state index is -4.68. The van der Waals surface area contributed by atoms with Gasteiger partial charge in [0, 0.05) is 37.9 Å². The van der Waals surface area contributed by atoms with Gasteiger partial charge in [-0.1, -0.05) is 11.3 Å². The van der Waals surface area contributed by atoms with Crippen LogP contribution in [0.3, 0.4) is 0 Å². The van der Waals surface area contributed by atoms with E-state index in [0.717, 1.165) is 0 Å². The van der Waals surface area contributed by atoms with Gasteiger partial charge >= 0.3 is 6.18 Å². The van der Waals surface area contributed by atoms with E-state index >= 15 is 0 Å². The molecular formula is C21H26F3N7O4S3. The van der Waals surface area contributed by atoms with Gasteiger partial charge in [-0.25, -0.2) is 26.5 Å². The van der Waals surface area contributed by atoms with Crippen LogP contribution in [0.25, 0.3) is 16.3 Å². The monoisotopic (exact) mass is 593 g/mol. The molecule has 1 aliphatic carbocycles. The first-order valence-electron chi connectivity index (χ1n) is 11.8. The van der Waals surface area contributed by atoms with Gasteiger partial charge in [0.2, 0.25) is 25.1 Å². The fraction of sp³-hybridized carbons (Fsp3) is 0.571. The molecule has 2 aliphatic rings. The zero-order valence-electron chi connectivity index (χ0n) is 20.7. The molecule has 0 atom stereocenters. The van der Waals surface area contributed by atoms with Crippen LogP contribution in [0, 0.1) is 0 Å². The number of nitrogens with zero attached hydrogens (tertiary/aromatic N) is 6. The van der Waals surface area contributed by atoms with Crippen molar-refractivity contribution in [3.05, 3.63) is 23.5 Å². The Bertz CT molecular complexity index is 1590. The van der Waals surface area contributed by atoms with Crippen LogP contribution >= 0.6 is 11.3 Å². The topological polar surface area (TPSA) is 130 Å². The predicted octanol–water partition coefficient (Wildman–Crippen LogP) is 2.56. The first-order valence-corrected chi connectivity index (χ1v) is 15.6. The highest BCUT2D eigenvalue weighted by molar-refractivity contribution is 7.89. The number of piperazine rings is 1. The second-order valence-electron chi connectivity index (χ2n) is 9.95. The summed E-state index contributed by atoms with van der Waals surface area (Å²) in [5.41, 5.74) is 0.360. The fourth-order valence-corrected chi connectivity index (χ4v) is 7.65. The number of halogens is 3. The standard InChI is InChI=1S/C21H26F3N7O4S3/c1-13(2)38(34,35)30-8-6-29(7-9-30)15-10-14(37(32,33)28-20(3)4-5-20)12-31-16(15)11-25-17(31)18-26-27-19(36-18)21(22,23)24/h10-13,28H,4-9H2,1-3H3. The molecule has 1 aliphatic heterocycles. The Hall–Kier alpha value is -2.34. The van der Waals surface area contributed by atoms with Crippen LogP contribution in [-0.4, -0.2) is 77.7 Å². The number of sulfonamides is 2. The van der Waals surface area contributed by atoms with E-state index in [1.807, 2.05) is 4.90 Å². The number of nitrogens with one attached hydrogen (secondary N) is 1. The third kappa shape index (κ3) is 5.01. The van der Waals surface area contributed by atoms with Crippen molar-refractivity contribution >= 4 is 42.6 Å². The smallest absolute Gasteiger partial charge is 0.367 e. The van der Waals surface area contributed by atoms with Gasteiger partial charge in [-0.15, -0.1) is 10.2 Å². The summed E-state index contributed by atoms with van der Waals surface area (Å²) in [4.78, 5) is 6.02. The van der Waals surface area contributed by atoms with Crippen LogP contribution < -0.4 is 9.62 Å². The summed E-state index contributed by atoms with van der Waals surface area (Å²) in [6.07, 6.45) is -0.557. The van der Waals surface area contributed by atoms with E-state index in [1.54, 1.807) is 20.8 Å². The number of anilines is 1.